The van der Waals surface area contributed by atoms with Gasteiger partial charge in [0.1, 0.15) is 17.0 Å². The van der Waals surface area contributed by atoms with Gasteiger partial charge in [0.15, 0.2) is 5.65 Å². The van der Waals surface area contributed by atoms with Gasteiger partial charge in [0.25, 0.3) is 5.91 Å². The lowest BCUT2D eigenvalue weighted by molar-refractivity contribution is 0.0412. The lowest BCUT2D eigenvalue weighted by Gasteiger charge is -2.22. The third-order valence-electron chi connectivity index (χ3n) is 6.44. The Morgan fingerprint density at radius 1 is 1.26 bits per heavy atom. The molecule has 4 aromatic heterocycles. The van der Waals surface area contributed by atoms with Crippen molar-refractivity contribution in [3.8, 4) is 11.3 Å². The predicted octanol–water partition coefficient (Wildman–Crippen LogP) is 3.31. The Hall–Kier alpha value is -3.50. The number of nitrogens with zero attached hydrogens (tertiary/aromatic N) is 5. The molecule has 1 aliphatic carbocycles. The summed E-state index contributed by atoms with van der Waals surface area (Å²) in [6, 6.07) is 5.69. The van der Waals surface area contributed by atoms with Crippen LogP contribution >= 0.6 is 0 Å². The van der Waals surface area contributed by atoms with E-state index in [0.717, 1.165) is 16.6 Å². The summed E-state index contributed by atoms with van der Waals surface area (Å²) in [5.74, 6) is 0.142. The molecule has 5 heterocycles. The van der Waals surface area contributed by atoms with E-state index in [4.69, 9.17) is 10.5 Å². The third-order valence-corrected chi connectivity index (χ3v) is 6.44. The molecule has 0 bridgehead atoms. The number of likely N-dealkylation sites (tertiary alicyclic amines) is 1. The highest BCUT2D eigenvalue weighted by Crippen LogP contribution is 2.29. The molecule has 35 heavy (non-hydrogen) atoms. The number of carbonyl (C=O) groups is 1. The fourth-order valence-corrected chi connectivity index (χ4v) is 4.10. The lowest BCUT2D eigenvalue weighted by Crippen LogP contribution is -2.18. The maximum Gasteiger partial charge on any atom is 0.254 e. The van der Waals surface area contributed by atoms with E-state index < -0.39 is 5.91 Å². The summed E-state index contributed by atoms with van der Waals surface area (Å²) in [6.07, 6.45) is 12.4. The Morgan fingerprint density at radius 2 is 2.03 bits per heavy atom. The Bertz CT molecular complexity index is 1270. The number of hydrogen-bond donors (Lipinski definition) is 3. The van der Waals surface area contributed by atoms with Crippen LogP contribution in [0.3, 0.4) is 0 Å². The number of hydrogen-bond acceptors (Lipinski definition) is 7. The van der Waals surface area contributed by atoms with Crippen molar-refractivity contribution in [1.82, 2.24) is 29.5 Å². The summed E-state index contributed by atoms with van der Waals surface area (Å²) in [7, 11) is 5.73. The van der Waals surface area contributed by atoms with Gasteiger partial charge in [-0.1, -0.05) is 0 Å². The number of primary amides is 1. The molecule has 4 N–H and O–H groups in total. The quantitative estimate of drug-likeness (QED) is 0.411. The molecular formula is C25H34N8O2. The highest BCUT2D eigenvalue weighted by Gasteiger charge is 2.17. The molecule has 1 amide bonds. The maximum atomic E-state index is 11.6. The van der Waals surface area contributed by atoms with E-state index in [0.29, 0.717) is 23.3 Å². The first-order valence-electron chi connectivity index (χ1n) is 12.0. The zero-order valence-corrected chi connectivity index (χ0v) is 20.6. The van der Waals surface area contributed by atoms with Crippen LogP contribution in [0.4, 0.5) is 5.82 Å². The van der Waals surface area contributed by atoms with Crippen LogP contribution in [0.1, 0.15) is 42.5 Å². The van der Waals surface area contributed by atoms with Crippen LogP contribution in [0.2, 0.25) is 0 Å². The summed E-state index contributed by atoms with van der Waals surface area (Å²) < 4.78 is 6.54. The van der Waals surface area contributed by atoms with Gasteiger partial charge in [-0.2, -0.15) is 9.61 Å². The first kappa shape index (κ1) is 24.6. The van der Waals surface area contributed by atoms with E-state index >= 15 is 0 Å². The van der Waals surface area contributed by atoms with Gasteiger partial charge < -0.3 is 25.7 Å². The second-order valence-corrected chi connectivity index (χ2v) is 8.84. The number of nitrogens with two attached hydrogens (primary N) is 1. The van der Waals surface area contributed by atoms with Gasteiger partial charge in [0, 0.05) is 43.6 Å². The van der Waals surface area contributed by atoms with E-state index in [9.17, 15) is 4.79 Å². The summed E-state index contributed by atoms with van der Waals surface area (Å²) in [5, 5.41) is 8.17. The maximum absolute atomic E-state index is 11.6. The molecule has 10 nitrogen and oxygen atoms in total. The van der Waals surface area contributed by atoms with Crippen molar-refractivity contribution in [1.29, 1.82) is 0 Å². The number of H-pyrrole nitrogens is 1. The van der Waals surface area contributed by atoms with Gasteiger partial charge >= 0.3 is 0 Å². The Kier molecular flexibility index (Phi) is 7.94. The molecule has 2 aliphatic rings. The van der Waals surface area contributed by atoms with E-state index in [1.54, 1.807) is 24.9 Å². The minimum atomic E-state index is -0.563. The Labute approximate surface area is 204 Å². The second kappa shape index (κ2) is 11.3. The number of pyridine rings is 1. The standard InChI is InChI=1S/C15H13N7O.C5H11N.C5H10O/c1-17-12-5-11(9-6-19-14-8(9)3-2-4-18-14)21-15-10(13(16)23)7-20-22(12)15;1-6-4-2-3-5-6;1-6-5-3-2-4-5/h2-7,17H,1H3,(H2,16,23)(H,18,19);2-5H2,1H3;5H,2-4H2,1H3. The summed E-state index contributed by atoms with van der Waals surface area (Å²) in [6.45, 7) is 2.64. The molecule has 2 fully saturated rings. The minimum Gasteiger partial charge on any atom is -0.381 e. The number of carbonyl (C=O) groups excluding carboxylic acids is 1. The molecule has 0 radical (unpaired) electrons. The highest BCUT2D eigenvalue weighted by atomic mass is 16.5. The molecule has 0 unspecified atom stereocenters. The van der Waals surface area contributed by atoms with Crippen molar-refractivity contribution in [3.05, 3.63) is 42.4 Å². The molecule has 1 aliphatic heterocycles. The van der Waals surface area contributed by atoms with Crippen LogP contribution in [-0.2, 0) is 4.74 Å². The third kappa shape index (κ3) is 5.60. The smallest absolute Gasteiger partial charge is 0.254 e. The number of ether oxygens (including phenoxy) is 1. The molecule has 10 heteroatoms. The number of fused-ring (bicyclic) bond motifs is 2. The number of nitrogens with one attached hydrogen (secondary N) is 2. The van der Waals surface area contributed by atoms with Gasteiger partial charge in [-0.3, -0.25) is 4.79 Å². The predicted molar refractivity (Wildman–Crippen MR) is 138 cm³/mol. The van der Waals surface area contributed by atoms with Crippen molar-refractivity contribution in [2.75, 3.05) is 39.6 Å². The average molecular weight is 479 g/mol. The fraction of sp³-hybridized carbons (Fsp3) is 0.440. The molecular weight excluding hydrogens is 444 g/mol. The summed E-state index contributed by atoms with van der Waals surface area (Å²) >= 11 is 0. The Morgan fingerprint density at radius 3 is 2.57 bits per heavy atom. The van der Waals surface area contributed by atoms with E-state index in [2.05, 4.69) is 37.3 Å². The van der Waals surface area contributed by atoms with Crippen molar-refractivity contribution >= 4 is 28.4 Å². The molecule has 186 valence electrons. The summed E-state index contributed by atoms with van der Waals surface area (Å²) in [4.78, 5) is 25.9. The van der Waals surface area contributed by atoms with Crippen molar-refractivity contribution in [3.63, 3.8) is 0 Å². The van der Waals surface area contributed by atoms with Crippen LogP contribution in [0.25, 0.3) is 27.9 Å². The van der Waals surface area contributed by atoms with Crippen molar-refractivity contribution in [2.45, 2.75) is 38.2 Å². The van der Waals surface area contributed by atoms with Gasteiger partial charge in [0.05, 0.1) is 18.0 Å². The number of anilines is 1. The summed E-state index contributed by atoms with van der Waals surface area (Å²) in [5.41, 5.74) is 8.47. The van der Waals surface area contributed by atoms with Crippen LogP contribution < -0.4 is 11.1 Å². The fourth-order valence-electron chi connectivity index (χ4n) is 4.10. The first-order valence-corrected chi connectivity index (χ1v) is 12.0. The van der Waals surface area contributed by atoms with Gasteiger partial charge in [-0.05, 0) is 64.4 Å². The van der Waals surface area contributed by atoms with Crippen LogP contribution in [0.15, 0.2) is 36.8 Å². The van der Waals surface area contributed by atoms with Crippen molar-refractivity contribution < 1.29 is 9.53 Å². The molecule has 4 aromatic rings. The molecule has 1 saturated carbocycles. The largest absolute Gasteiger partial charge is 0.381 e. The molecule has 6 rings (SSSR count). The van der Waals surface area contributed by atoms with Crippen LogP contribution in [-0.4, -0.2) is 75.8 Å². The van der Waals surface area contributed by atoms with Crippen LogP contribution in [0.5, 0.6) is 0 Å². The highest BCUT2D eigenvalue weighted by molar-refractivity contribution is 5.99. The SMILES string of the molecule is CN1CCCC1.CNc1cc(-c2c[nH]c3ncccc23)nc2c(C(N)=O)cnn12.COC1CCC1. The molecule has 0 atom stereocenters. The van der Waals surface area contributed by atoms with E-state index in [1.165, 1.54) is 51.4 Å². The first-order chi connectivity index (χ1) is 17.0. The average Bonchev–Trinajstić information content (AvgIpc) is 3.57. The van der Waals surface area contributed by atoms with Gasteiger partial charge in [-0.25, -0.2) is 9.97 Å². The van der Waals surface area contributed by atoms with Gasteiger partial charge in [-0.15, -0.1) is 0 Å². The zero-order chi connectivity index (χ0) is 24.8. The molecule has 1 saturated heterocycles. The number of amides is 1. The van der Waals surface area contributed by atoms with Crippen LogP contribution in [0, 0.1) is 0 Å². The number of aromatic nitrogens is 5. The Balaban J connectivity index is 0.000000196. The second-order valence-electron chi connectivity index (χ2n) is 8.84. The normalized spacial score (nSPS) is 15.7. The monoisotopic (exact) mass is 478 g/mol. The molecule has 0 spiro atoms. The topological polar surface area (TPSA) is 126 Å². The number of methoxy groups -OCH3 is 1. The lowest BCUT2D eigenvalue weighted by atomic mass is 9.96. The minimum absolute atomic E-state index is 0.279. The molecule has 0 aromatic carbocycles. The number of rotatable bonds is 4. The number of aromatic amines is 1. The zero-order valence-electron chi connectivity index (χ0n) is 20.6. The van der Waals surface area contributed by atoms with Gasteiger partial charge in [0.2, 0.25) is 0 Å². The van der Waals surface area contributed by atoms with Crippen molar-refractivity contribution in [2.24, 2.45) is 5.73 Å². The van der Waals surface area contributed by atoms with E-state index in [-0.39, 0.29) is 5.56 Å². The van der Waals surface area contributed by atoms with E-state index in [1.807, 2.05) is 24.4 Å².